The number of ketones is 1. The maximum Gasteiger partial charge on any atom is 0.171 e. The lowest BCUT2D eigenvalue weighted by molar-refractivity contribution is -0.243. The third-order valence-corrected chi connectivity index (χ3v) is 5.74. The van der Waals surface area contributed by atoms with Gasteiger partial charge in [-0.05, 0) is 25.2 Å². The third kappa shape index (κ3) is 1.73. The topological polar surface area (TPSA) is 52.6 Å². The molecule has 4 heteroatoms. The van der Waals surface area contributed by atoms with Crippen LogP contribution in [0.1, 0.15) is 39.5 Å². The number of carbonyl (C=O) groups excluding carboxylic acids is 2. The van der Waals surface area contributed by atoms with Crippen LogP contribution in [0.3, 0.4) is 0 Å². The van der Waals surface area contributed by atoms with Gasteiger partial charge < -0.3 is 14.3 Å². The first-order valence-corrected chi connectivity index (χ1v) is 7.31. The van der Waals surface area contributed by atoms with E-state index < -0.39 is 11.7 Å². The molecule has 0 aromatic rings. The number of fused-ring (bicyclic) bond motifs is 1. The number of carbonyl (C=O) groups is 2. The molecule has 1 heterocycles. The van der Waals surface area contributed by atoms with Gasteiger partial charge in [-0.15, -0.1) is 0 Å². The van der Waals surface area contributed by atoms with E-state index in [-0.39, 0.29) is 23.0 Å². The Morgan fingerprint density at radius 3 is 2.53 bits per heavy atom. The van der Waals surface area contributed by atoms with Gasteiger partial charge in [-0.25, -0.2) is 0 Å². The second-order valence-electron chi connectivity index (χ2n) is 6.51. The fourth-order valence-electron chi connectivity index (χ4n) is 4.50. The van der Waals surface area contributed by atoms with Gasteiger partial charge in [0.25, 0.3) is 0 Å². The van der Waals surface area contributed by atoms with Crippen molar-refractivity contribution in [3.63, 3.8) is 0 Å². The predicted molar refractivity (Wildman–Crippen MR) is 68.4 cm³/mol. The molecular weight excluding hydrogens is 244 g/mol. The molecule has 1 aliphatic heterocycles. The van der Waals surface area contributed by atoms with Gasteiger partial charge in [0.1, 0.15) is 12.1 Å². The van der Waals surface area contributed by atoms with Crippen molar-refractivity contribution in [3.8, 4) is 0 Å². The van der Waals surface area contributed by atoms with Gasteiger partial charge >= 0.3 is 0 Å². The van der Waals surface area contributed by atoms with E-state index in [1.54, 1.807) is 0 Å². The third-order valence-electron chi connectivity index (χ3n) is 5.74. The fraction of sp³-hybridized carbons (Fsp3) is 0.867. The molecule has 0 aromatic carbocycles. The van der Waals surface area contributed by atoms with E-state index in [4.69, 9.17) is 9.47 Å². The predicted octanol–water partition coefficient (Wildman–Crippen LogP) is 1.96. The highest BCUT2D eigenvalue weighted by Crippen LogP contribution is 2.56. The Labute approximate surface area is 113 Å². The van der Waals surface area contributed by atoms with Crippen LogP contribution in [0.2, 0.25) is 0 Å². The van der Waals surface area contributed by atoms with Gasteiger partial charge in [0.05, 0.1) is 19.1 Å². The lowest BCUT2D eigenvalue weighted by Gasteiger charge is -2.54. The van der Waals surface area contributed by atoms with E-state index in [2.05, 4.69) is 6.92 Å². The molecule has 2 aliphatic carbocycles. The van der Waals surface area contributed by atoms with Crippen molar-refractivity contribution >= 4 is 12.1 Å². The van der Waals surface area contributed by atoms with E-state index in [1.807, 2.05) is 6.92 Å². The molecule has 1 saturated heterocycles. The van der Waals surface area contributed by atoms with Gasteiger partial charge in [0.2, 0.25) is 0 Å². The van der Waals surface area contributed by atoms with Gasteiger partial charge in [-0.1, -0.05) is 13.8 Å². The molecule has 4 nitrogen and oxygen atoms in total. The number of aldehydes is 1. The minimum atomic E-state index is -0.474. The summed E-state index contributed by atoms with van der Waals surface area (Å²) >= 11 is 0. The summed E-state index contributed by atoms with van der Waals surface area (Å²) in [5.74, 6) is -0.252. The summed E-state index contributed by atoms with van der Waals surface area (Å²) in [7, 11) is 0. The van der Waals surface area contributed by atoms with E-state index in [0.29, 0.717) is 19.6 Å². The average Bonchev–Trinajstić information content (AvgIpc) is 2.88. The Bertz CT molecular complexity index is 399. The van der Waals surface area contributed by atoms with E-state index >= 15 is 0 Å². The molecule has 1 spiro atoms. The highest BCUT2D eigenvalue weighted by atomic mass is 16.7. The maximum absolute atomic E-state index is 12.5. The summed E-state index contributed by atoms with van der Waals surface area (Å²) in [4.78, 5) is 23.6. The largest absolute Gasteiger partial charge is 0.347 e. The van der Waals surface area contributed by atoms with E-state index in [1.165, 1.54) is 0 Å². The lowest BCUT2D eigenvalue weighted by atomic mass is 9.53. The number of hydrogen-bond donors (Lipinski definition) is 0. The molecule has 3 fully saturated rings. The van der Waals surface area contributed by atoms with Crippen LogP contribution in [0, 0.1) is 23.2 Å². The molecular formula is C15H22O4. The van der Waals surface area contributed by atoms with Crippen LogP contribution in [-0.4, -0.2) is 31.1 Å². The molecule has 19 heavy (non-hydrogen) atoms. The highest BCUT2D eigenvalue weighted by molar-refractivity contribution is 5.97. The zero-order chi connectivity index (χ0) is 13.7. The van der Waals surface area contributed by atoms with Crippen molar-refractivity contribution in [1.82, 2.24) is 0 Å². The highest BCUT2D eigenvalue weighted by Gasteiger charge is 2.59. The summed E-state index contributed by atoms with van der Waals surface area (Å²) in [6, 6.07) is 0. The molecule has 0 amide bonds. The SMILES string of the molecule is C[C@H]1[C@@H]2CCC(C=O)C(=O)[C@@]2(C)CCC12OCCO2. The molecule has 0 aromatic heterocycles. The van der Waals surface area contributed by atoms with E-state index in [9.17, 15) is 9.59 Å². The van der Waals surface area contributed by atoms with Crippen LogP contribution in [-0.2, 0) is 19.1 Å². The molecule has 0 bridgehead atoms. The molecule has 3 rings (SSSR count). The molecule has 3 aliphatic rings. The second-order valence-corrected chi connectivity index (χ2v) is 6.51. The molecule has 4 atom stereocenters. The molecule has 106 valence electrons. The monoisotopic (exact) mass is 266 g/mol. The standard InChI is InChI=1S/C15H22O4/c1-10-12-4-3-11(9-16)13(17)14(12,2)5-6-15(10)18-7-8-19-15/h9-12H,3-8H2,1-2H3/t10-,11?,12-,14-/m0/s1. The molecule has 2 saturated carbocycles. The minimum Gasteiger partial charge on any atom is -0.347 e. The van der Waals surface area contributed by atoms with Crippen molar-refractivity contribution < 1.29 is 19.1 Å². The zero-order valence-corrected chi connectivity index (χ0v) is 11.7. The van der Waals surface area contributed by atoms with Crippen molar-refractivity contribution in [3.05, 3.63) is 0 Å². The Balaban J connectivity index is 1.89. The van der Waals surface area contributed by atoms with Crippen molar-refractivity contribution in [1.29, 1.82) is 0 Å². The van der Waals surface area contributed by atoms with Crippen LogP contribution in [0.5, 0.6) is 0 Å². The van der Waals surface area contributed by atoms with Crippen molar-refractivity contribution in [2.45, 2.75) is 45.3 Å². The van der Waals surface area contributed by atoms with Gasteiger partial charge in [-0.2, -0.15) is 0 Å². The number of ether oxygens (including phenoxy) is 2. The normalized spacial score (nSPS) is 45.2. The van der Waals surface area contributed by atoms with Crippen LogP contribution in [0.15, 0.2) is 0 Å². The van der Waals surface area contributed by atoms with Crippen LogP contribution in [0.4, 0.5) is 0 Å². The lowest BCUT2D eigenvalue weighted by Crippen LogP contribution is -2.57. The quantitative estimate of drug-likeness (QED) is 0.538. The minimum absolute atomic E-state index is 0.137. The smallest absolute Gasteiger partial charge is 0.171 e. The first-order chi connectivity index (χ1) is 9.03. The molecule has 1 unspecified atom stereocenters. The maximum atomic E-state index is 12.5. The van der Waals surface area contributed by atoms with E-state index in [0.717, 1.165) is 25.5 Å². The Hall–Kier alpha value is -0.740. The van der Waals surface area contributed by atoms with Gasteiger partial charge in [0, 0.05) is 17.8 Å². The summed E-state index contributed by atoms with van der Waals surface area (Å²) in [6.07, 6.45) is 3.97. The Morgan fingerprint density at radius 1 is 1.21 bits per heavy atom. The summed E-state index contributed by atoms with van der Waals surface area (Å²) in [5, 5.41) is 0. The van der Waals surface area contributed by atoms with Crippen LogP contribution in [0.25, 0.3) is 0 Å². The van der Waals surface area contributed by atoms with Gasteiger partial charge in [-0.3, -0.25) is 4.79 Å². The van der Waals surface area contributed by atoms with Crippen LogP contribution >= 0.6 is 0 Å². The first kappa shape index (κ1) is 13.3. The summed E-state index contributed by atoms with van der Waals surface area (Å²) in [5.41, 5.74) is -0.371. The van der Waals surface area contributed by atoms with Crippen molar-refractivity contribution in [2.24, 2.45) is 23.2 Å². The molecule has 0 N–H and O–H groups in total. The van der Waals surface area contributed by atoms with Crippen molar-refractivity contribution in [2.75, 3.05) is 13.2 Å². The second kappa shape index (κ2) is 4.38. The summed E-state index contributed by atoms with van der Waals surface area (Å²) in [6.45, 7) is 5.48. The number of rotatable bonds is 1. The average molecular weight is 266 g/mol. The summed E-state index contributed by atoms with van der Waals surface area (Å²) < 4.78 is 11.7. The van der Waals surface area contributed by atoms with Gasteiger partial charge in [0.15, 0.2) is 5.79 Å². The Kier molecular flexibility index (Phi) is 3.06. The van der Waals surface area contributed by atoms with Crippen LogP contribution < -0.4 is 0 Å². The fourth-order valence-corrected chi connectivity index (χ4v) is 4.50. The zero-order valence-electron chi connectivity index (χ0n) is 11.7. The Morgan fingerprint density at radius 2 is 1.89 bits per heavy atom. The number of Topliss-reactive ketones (excluding diaryl/α,β-unsaturated/α-hetero) is 1. The molecule has 0 radical (unpaired) electrons. The number of hydrogen-bond acceptors (Lipinski definition) is 4. The first-order valence-electron chi connectivity index (χ1n) is 7.31.